The summed E-state index contributed by atoms with van der Waals surface area (Å²) in [5, 5.41) is 11.6. The molecule has 1 aromatic rings. The number of ketones is 1. The summed E-state index contributed by atoms with van der Waals surface area (Å²) in [5.41, 5.74) is 2.72. The van der Waals surface area contributed by atoms with Crippen molar-refractivity contribution in [3.63, 3.8) is 0 Å². The van der Waals surface area contributed by atoms with Crippen LogP contribution < -0.4 is 5.32 Å². The molecule has 0 aliphatic carbocycles. The molecule has 1 rings (SSSR count). The van der Waals surface area contributed by atoms with Crippen LogP contribution in [0, 0.1) is 19.8 Å². The summed E-state index contributed by atoms with van der Waals surface area (Å²) < 4.78 is 0. The minimum Gasteiger partial charge on any atom is -0.480 e. The van der Waals surface area contributed by atoms with Crippen molar-refractivity contribution >= 4 is 17.7 Å². The van der Waals surface area contributed by atoms with E-state index in [1.807, 2.05) is 39.8 Å². The number of nitrogens with one attached hydrogen (secondary N) is 1. The first kappa shape index (κ1) is 18.9. The highest BCUT2D eigenvalue weighted by molar-refractivity contribution is 5.98. The van der Waals surface area contributed by atoms with Crippen LogP contribution in [-0.2, 0) is 9.59 Å². The SMILES string of the molecule is Cc1ccc(C(=O)CCC(=O)NC(CC(C)C)C(=O)O)cc1C. The lowest BCUT2D eigenvalue weighted by molar-refractivity contribution is -0.142. The van der Waals surface area contributed by atoms with E-state index < -0.39 is 17.9 Å². The van der Waals surface area contributed by atoms with Crippen LogP contribution in [-0.4, -0.2) is 28.8 Å². The molecule has 0 radical (unpaired) electrons. The van der Waals surface area contributed by atoms with E-state index in [4.69, 9.17) is 5.11 Å². The number of carboxylic acids is 1. The molecular weight excluding hydrogens is 294 g/mol. The number of aliphatic carboxylic acids is 1. The maximum Gasteiger partial charge on any atom is 0.326 e. The van der Waals surface area contributed by atoms with Crippen molar-refractivity contribution in [1.29, 1.82) is 0 Å². The molecule has 0 saturated heterocycles. The summed E-state index contributed by atoms with van der Waals surface area (Å²) in [6, 6.07) is 4.54. The van der Waals surface area contributed by atoms with E-state index in [-0.39, 0.29) is 24.5 Å². The van der Waals surface area contributed by atoms with Crippen molar-refractivity contribution in [3.05, 3.63) is 34.9 Å². The molecule has 2 N–H and O–H groups in total. The Labute approximate surface area is 137 Å². The predicted molar refractivity (Wildman–Crippen MR) is 88.5 cm³/mol. The number of aryl methyl sites for hydroxylation is 2. The Hall–Kier alpha value is -2.17. The van der Waals surface area contributed by atoms with Crippen LogP contribution in [0.1, 0.15) is 54.6 Å². The van der Waals surface area contributed by atoms with Gasteiger partial charge in [-0.2, -0.15) is 0 Å². The Kier molecular flexibility index (Phi) is 6.94. The van der Waals surface area contributed by atoms with Crippen LogP contribution in [0.4, 0.5) is 0 Å². The number of Topliss-reactive ketones (excluding diaryl/α,β-unsaturated/α-hetero) is 1. The van der Waals surface area contributed by atoms with Gasteiger partial charge in [-0.15, -0.1) is 0 Å². The Morgan fingerprint density at radius 1 is 1.09 bits per heavy atom. The summed E-state index contributed by atoms with van der Waals surface area (Å²) in [6.45, 7) is 7.69. The van der Waals surface area contributed by atoms with Gasteiger partial charge in [0.2, 0.25) is 5.91 Å². The fourth-order valence-corrected chi connectivity index (χ4v) is 2.25. The van der Waals surface area contributed by atoms with E-state index in [1.165, 1.54) is 0 Å². The number of carbonyl (C=O) groups is 3. The maximum atomic E-state index is 12.1. The van der Waals surface area contributed by atoms with Crippen LogP contribution >= 0.6 is 0 Å². The minimum atomic E-state index is -1.05. The molecule has 1 unspecified atom stereocenters. The summed E-state index contributed by atoms with van der Waals surface area (Å²) in [5.74, 6) is -1.41. The molecule has 0 heterocycles. The molecule has 23 heavy (non-hydrogen) atoms. The zero-order valence-electron chi connectivity index (χ0n) is 14.2. The van der Waals surface area contributed by atoms with Crippen molar-refractivity contribution in [2.75, 3.05) is 0 Å². The molecule has 126 valence electrons. The standard InChI is InChI=1S/C18H25NO4/c1-11(2)9-15(18(22)23)19-17(21)8-7-16(20)14-6-5-12(3)13(4)10-14/h5-6,10-11,15H,7-9H2,1-4H3,(H,19,21)(H,22,23). The summed E-state index contributed by atoms with van der Waals surface area (Å²) >= 11 is 0. The fourth-order valence-electron chi connectivity index (χ4n) is 2.25. The van der Waals surface area contributed by atoms with Gasteiger partial charge in [0, 0.05) is 18.4 Å². The predicted octanol–water partition coefficient (Wildman–Crippen LogP) is 2.88. The topological polar surface area (TPSA) is 83.5 Å². The van der Waals surface area contributed by atoms with Gasteiger partial charge in [0.05, 0.1) is 0 Å². The summed E-state index contributed by atoms with van der Waals surface area (Å²) in [4.78, 5) is 35.1. The fraction of sp³-hybridized carbons (Fsp3) is 0.500. The molecular formula is C18H25NO4. The van der Waals surface area contributed by atoms with Crippen LogP contribution in [0.5, 0.6) is 0 Å². The zero-order valence-corrected chi connectivity index (χ0v) is 14.2. The monoisotopic (exact) mass is 319 g/mol. The third kappa shape index (κ3) is 6.22. The second kappa shape index (κ2) is 8.46. The van der Waals surface area contributed by atoms with Gasteiger partial charge in [-0.05, 0) is 43.4 Å². The summed E-state index contributed by atoms with van der Waals surface area (Å²) in [7, 11) is 0. The Morgan fingerprint density at radius 2 is 1.74 bits per heavy atom. The van der Waals surface area contributed by atoms with Gasteiger partial charge in [0.1, 0.15) is 6.04 Å². The number of rotatable bonds is 8. The molecule has 0 aromatic heterocycles. The van der Waals surface area contributed by atoms with Crippen molar-refractivity contribution in [3.8, 4) is 0 Å². The quantitative estimate of drug-likeness (QED) is 0.722. The van der Waals surface area contributed by atoms with E-state index in [1.54, 1.807) is 6.07 Å². The van der Waals surface area contributed by atoms with Crippen molar-refractivity contribution in [2.45, 2.75) is 53.0 Å². The molecule has 1 atom stereocenters. The maximum absolute atomic E-state index is 12.1. The molecule has 0 bridgehead atoms. The lowest BCUT2D eigenvalue weighted by Crippen LogP contribution is -2.41. The van der Waals surface area contributed by atoms with Crippen molar-refractivity contribution in [2.24, 2.45) is 5.92 Å². The number of amides is 1. The lowest BCUT2D eigenvalue weighted by Gasteiger charge is -2.16. The molecule has 0 spiro atoms. The zero-order chi connectivity index (χ0) is 17.6. The Bertz CT molecular complexity index is 593. The smallest absolute Gasteiger partial charge is 0.326 e. The van der Waals surface area contributed by atoms with Gasteiger partial charge in [0.15, 0.2) is 5.78 Å². The van der Waals surface area contributed by atoms with Crippen LogP contribution in [0.15, 0.2) is 18.2 Å². The normalized spacial score (nSPS) is 12.0. The minimum absolute atomic E-state index is 0.00632. The third-order valence-corrected chi connectivity index (χ3v) is 3.75. The highest BCUT2D eigenvalue weighted by atomic mass is 16.4. The van der Waals surface area contributed by atoms with Gasteiger partial charge in [-0.25, -0.2) is 4.79 Å². The lowest BCUT2D eigenvalue weighted by atomic mass is 10.0. The summed E-state index contributed by atoms with van der Waals surface area (Å²) in [6.07, 6.45) is 0.433. The highest BCUT2D eigenvalue weighted by Crippen LogP contribution is 2.12. The molecule has 0 aliphatic rings. The molecule has 0 fully saturated rings. The van der Waals surface area contributed by atoms with Gasteiger partial charge in [-0.3, -0.25) is 9.59 Å². The van der Waals surface area contributed by atoms with E-state index in [0.717, 1.165) is 11.1 Å². The van der Waals surface area contributed by atoms with Crippen LogP contribution in [0.25, 0.3) is 0 Å². The van der Waals surface area contributed by atoms with Crippen LogP contribution in [0.2, 0.25) is 0 Å². The number of hydrogen-bond acceptors (Lipinski definition) is 3. The van der Waals surface area contributed by atoms with Gasteiger partial charge in [0.25, 0.3) is 0 Å². The number of carbonyl (C=O) groups excluding carboxylic acids is 2. The van der Waals surface area contributed by atoms with E-state index >= 15 is 0 Å². The Morgan fingerprint density at radius 3 is 2.26 bits per heavy atom. The van der Waals surface area contributed by atoms with Crippen LogP contribution in [0.3, 0.4) is 0 Å². The number of hydrogen-bond donors (Lipinski definition) is 2. The number of benzene rings is 1. The molecule has 0 saturated carbocycles. The largest absolute Gasteiger partial charge is 0.480 e. The molecule has 5 heteroatoms. The van der Waals surface area contributed by atoms with E-state index in [0.29, 0.717) is 12.0 Å². The molecule has 5 nitrogen and oxygen atoms in total. The first-order valence-electron chi connectivity index (χ1n) is 7.83. The van der Waals surface area contributed by atoms with Gasteiger partial charge < -0.3 is 10.4 Å². The third-order valence-electron chi connectivity index (χ3n) is 3.75. The van der Waals surface area contributed by atoms with E-state index in [2.05, 4.69) is 5.32 Å². The Balaban J connectivity index is 2.56. The van der Waals surface area contributed by atoms with Gasteiger partial charge >= 0.3 is 5.97 Å². The average Bonchev–Trinajstić information content (AvgIpc) is 2.46. The molecule has 1 amide bonds. The second-order valence-corrected chi connectivity index (χ2v) is 6.31. The van der Waals surface area contributed by atoms with E-state index in [9.17, 15) is 14.4 Å². The van der Waals surface area contributed by atoms with Crippen molar-refractivity contribution < 1.29 is 19.5 Å². The molecule has 1 aromatic carbocycles. The second-order valence-electron chi connectivity index (χ2n) is 6.31. The first-order valence-corrected chi connectivity index (χ1v) is 7.83. The van der Waals surface area contributed by atoms with Gasteiger partial charge in [-0.1, -0.05) is 26.0 Å². The number of carboxylic acid groups (broad SMARTS) is 1. The average molecular weight is 319 g/mol. The molecule has 0 aliphatic heterocycles. The first-order chi connectivity index (χ1) is 10.7. The van der Waals surface area contributed by atoms with Crippen molar-refractivity contribution in [1.82, 2.24) is 5.32 Å². The highest BCUT2D eigenvalue weighted by Gasteiger charge is 2.21.